The normalized spacial score (nSPS) is 14.4. The second-order valence-corrected chi connectivity index (χ2v) is 7.97. The van der Waals surface area contributed by atoms with Gasteiger partial charge in [-0.2, -0.15) is 0 Å². The summed E-state index contributed by atoms with van der Waals surface area (Å²) in [7, 11) is 1.46. The molecule has 6 nitrogen and oxygen atoms in total. The average molecular weight is 412 g/mol. The molecule has 148 valence electrons. The van der Waals surface area contributed by atoms with Gasteiger partial charge in [0, 0.05) is 35.6 Å². The number of benzene rings is 2. The lowest BCUT2D eigenvalue weighted by Gasteiger charge is -2.24. The fourth-order valence-electron chi connectivity index (χ4n) is 2.41. The Kier molecular flexibility index (Phi) is 8.07. The molecule has 1 unspecified atom stereocenters. The monoisotopic (exact) mass is 411 g/mol. The van der Waals surface area contributed by atoms with E-state index in [2.05, 4.69) is 5.32 Å². The van der Waals surface area contributed by atoms with Crippen molar-refractivity contribution in [3.05, 3.63) is 59.1 Å². The summed E-state index contributed by atoms with van der Waals surface area (Å²) in [6.45, 7) is 2.90. The van der Waals surface area contributed by atoms with Crippen LogP contribution in [0.2, 0.25) is 5.02 Å². The summed E-state index contributed by atoms with van der Waals surface area (Å²) in [5.74, 6) is 0.558. The van der Waals surface area contributed by atoms with Crippen LogP contribution in [0.1, 0.15) is 12.5 Å². The van der Waals surface area contributed by atoms with Crippen LogP contribution in [0.5, 0.6) is 5.75 Å². The molecule has 0 aliphatic rings. The minimum atomic E-state index is -2.32. The van der Waals surface area contributed by atoms with Crippen LogP contribution in [0.3, 0.4) is 0 Å². The summed E-state index contributed by atoms with van der Waals surface area (Å²) in [6.07, 6.45) is 0.813. The minimum Gasteiger partial charge on any atom is -0.755 e. The molecular formula is C19H24ClN2O4S-. The SMILES string of the molecule is CN(c1ccc(OC[C@](C)(O)CNCCc2cccc(Cl)c2)cc1)S(=O)[O-]. The van der Waals surface area contributed by atoms with Gasteiger partial charge in [0.05, 0.1) is 0 Å². The molecule has 0 radical (unpaired) electrons. The Labute approximate surface area is 167 Å². The van der Waals surface area contributed by atoms with E-state index in [4.69, 9.17) is 16.3 Å². The number of nitrogens with zero attached hydrogens (tertiary/aromatic N) is 1. The van der Waals surface area contributed by atoms with Gasteiger partial charge in [-0.1, -0.05) is 23.7 Å². The van der Waals surface area contributed by atoms with Gasteiger partial charge in [-0.05, 0) is 61.9 Å². The number of ether oxygens (including phenoxy) is 1. The van der Waals surface area contributed by atoms with Gasteiger partial charge in [-0.3, -0.25) is 4.21 Å². The number of halogens is 1. The van der Waals surface area contributed by atoms with E-state index in [9.17, 15) is 13.9 Å². The lowest BCUT2D eigenvalue weighted by Crippen LogP contribution is -2.43. The van der Waals surface area contributed by atoms with E-state index in [0.29, 0.717) is 29.5 Å². The fraction of sp³-hybridized carbons (Fsp3) is 0.368. The number of hydrogen-bond acceptors (Lipinski definition) is 5. The van der Waals surface area contributed by atoms with Crippen molar-refractivity contribution < 1.29 is 18.6 Å². The van der Waals surface area contributed by atoms with Gasteiger partial charge >= 0.3 is 0 Å². The largest absolute Gasteiger partial charge is 0.755 e. The molecule has 0 bridgehead atoms. The van der Waals surface area contributed by atoms with Crippen molar-refractivity contribution in [2.24, 2.45) is 0 Å². The minimum absolute atomic E-state index is 0.111. The van der Waals surface area contributed by atoms with Gasteiger partial charge in [0.2, 0.25) is 0 Å². The molecule has 2 aromatic rings. The highest BCUT2D eigenvalue weighted by Gasteiger charge is 2.21. The first-order chi connectivity index (χ1) is 12.8. The zero-order valence-corrected chi connectivity index (χ0v) is 16.9. The Morgan fingerprint density at radius 1 is 1.30 bits per heavy atom. The van der Waals surface area contributed by atoms with E-state index >= 15 is 0 Å². The van der Waals surface area contributed by atoms with E-state index in [1.807, 2.05) is 24.3 Å². The molecule has 0 saturated heterocycles. The molecule has 8 heteroatoms. The molecule has 0 saturated carbocycles. The van der Waals surface area contributed by atoms with E-state index in [0.717, 1.165) is 16.3 Å². The molecule has 0 amide bonds. The molecule has 0 aliphatic carbocycles. The average Bonchev–Trinajstić information content (AvgIpc) is 2.63. The van der Waals surface area contributed by atoms with Crippen LogP contribution in [0.15, 0.2) is 48.5 Å². The Morgan fingerprint density at radius 2 is 2.00 bits per heavy atom. The third-order valence-electron chi connectivity index (χ3n) is 3.96. The van der Waals surface area contributed by atoms with E-state index in [1.165, 1.54) is 7.05 Å². The topological polar surface area (TPSA) is 84.9 Å². The van der Waals surface area contributed by atoms with Crippen LogP contribution >= 0.6 is 11.6 Å². The molecule has 2 aromatic carbocycles. The smallest absolute Gasteiger partial charge is 0.119 e. The zero-order valence-electron chi connectivity index (χ0n) is 15.4. The van der Waals surface area contributed by atoms with E-state index in [1.54, 1.807) is 31.2 Å². The van der Waals surface area contributed by atoms with Crippen molar-refractivity contribution in [2.75, 3.05) is 31.0 Å². The van der Waals surface area contributed by atoms with Crippen molar-refractivity contribution in [2.45, 2.75) is 18.9 Å². The summed E-state index contributed by atoms with van der Waals surface area (Å²) >= 11 is 3.64. The third-order valence-corrected chi connectivity index (χ3v) is 4.85. The summed E-state index contributed by atoms with van der Waals surface area (Å²) in [6, 6.07) is 14.3. The van der Waals surface area contributed by atoms with Crippen molar-refractivity contribution in [3.8, 4) is 5.75 Å². The van der Waals surface area contributed by atoms with Crippen molar-refractivity contribution >= 4 is 28.6 Å². The molecule has 0 heterocycles. The first kappa shape index (κ1) is 21.7. The molecule has 0 spiro atoms. The standard InChI is InChI=1S/C19H25ClN2O4S/c1-19(23,13-21-11-10-15-4-3-5-16(20)12-15)14-26-18-8-6-17(7-9-18)22(2)27(24)25/h3-9,12,21,23H,10-11,13-14H2,1-2H3,(H,24,25)/p-1/t19-/m1/s1. The molecular weight excluding hydrogens is 388 g/mol. The second kappa shape index (κ2) is 10.1. The second-order valence-electron chi connectivity index (χ2n) is 6.55. The number of nitrogens with one attached hydrogen (secondary N) is 1. The van der Waals surface area contributed by atoms with Crippen molar-refractivity contribution in [1.29, 1.82) is 0 Å². The maximum Gasteiger partial charge on any atom is 0.119 e. The summed E-state index contributed by atoms with van der Waals surface area (Å²) in [5, 5.41) is 14.4. The Balaban J connectivity index is 1.74. The zero-order chi connectivity index (χ0) is 19.9. The lowest BCUT2D eigenvalue weighted by molar-refractivity contribution is 0.0125. The molecule has 2 rings (SSSR count). The summed E-state index contributed by atoms with van der Waals surface area (Å²) in [4.78, 5) is 0. The maximum absolute atomic E-state index is 10.9. The molecule has 0 fully saturated rings. The Hall–Kier alpha value is -1.64. The third kappa shape index (κ3) is 7.48. The Bertz CT molecular complexity index is 756. The van der Waals surface area contributed by atoms with Gasteiger partial charge in [-0.15, -0.1) is 0 Å². The van der Waals surface area contributed by atoms with Gasteiger partial charge in [0.1, 0.15) is 18.0 Å². The van der Waals surface area contributed by atoms with Crippen molar-refractivity contribution in [3.63, 3.8) is 0 Å². The lowest BCUT2D eigenvalue weighted by atomic mass is 10.1. The Morgan fingerprint density at radius 3 is 2.63 bits per heavy atom. The molecule has 2 atom stereocenters. The first-order valence-corrected chi connectivity index (χ1v) is 9.91. The van der Waals surface area contributed by atoms with Crippen LogP contribution < -0.4 is 14.4 Å². The molecule has 27 heavy (non-hydrogen) atoms. The van der Waals surface area contributed by atoms with Gasteiger partial charge in [0.15, 0.2) is 0 Å². The highest BCUT2D eigenvalue weighted by Crippen LogP contribution is 2.20. The van der Waals surface area contributed by atoms with Crippen LogP contribution in [-0.4, -0.2) is 46.2 Å². The summed E-state index contributed by atoms with van der Waals surface area (Å²) in [5.41, 5.74) is 0.625. The van der Waals surface area contributed by atoms with Crippen LogP contribution in [0.25, 0.3) is 0 Å². The molecule has 0 aromatic heterocycles. The van der Waals surface area contributed by atoms with Crippen LogP contribution in [-0.2, 0) is 17.7 Å². The van der Waals surface area contributed by atoms with Crippen LogP contribution in [0, 0.1) is 0 Å². The quantitative estimate of drug-likeness (QED) is 0.463. The van der Waals surface area contributed by atoms with Crippen LogP contribution in [0.4, 0.5) is 5.69 Å². The molecule has 0 aliphatic heterocycles. The van der Waals surface area contributed by atoms with Gasteiger partial charge in [-0.25, -0.2) is 0 Å². The molecule has 2 N–H and O–H groups in total. The number of rotatable bonds is 10. The fourth-order valence-corrected chi connectivity index (χ4v) is 2.92. The first-order valence-electron chi connectivity index (χ1n) is 8.50. The number of hydrogen-bond donors (Lipinski definition) is 2. The van der Waals surface area contributed by atoms with Crippen molar-refractivity contribution in [1.82, 2.24) is 5.32 Å². The van der Waals surface area contributed by atoms with E-state index < -0.39 is 16.9 Å². The van der Waals surface area contributed by atoms with Gasteiger partial charge < -0.3 is 24.0 Å². The number of aliphatic hydroxyl groups is 1. The predicted octanol–water partition coefficient (Wildman–Crippen LogP) is 2.53. The van der Waals surface area contributed by atoms with Gasteiger partial charge in [0.25, 0.3) is 0 Å². The highest BCUT2D eigenvalue weighted by atomic mass is 35.5. The summed E-state index contributed by atoms with van der Waals surface area (Å²) < 4.78 is 28.6. The maximum atomic E-state index is 10.9. The highest BCUT2D eigenvalue weighted by molar-refractivity contribution is 7.80. The predicted molar refractivity (Wildman–Crippen MR) is 108 cm³/mol. The van der Waals surface area contributed by atoms with E-state index in [-0.39, 0.29) is 6.61 Å². The number of anilines is 1.